The molecule has 192 valence electrons. The molecule has 5 nitrogen and oxygen atoms in total. The summed E-state index contributed by atoms with van der Waals surface area (Å²) >= 11 is 0. The van der Waals surface area contributed by atoms with Crippen molar-refractivity contribution in [3.05, 3.63) is 131 Å². The maximum atomic E-state index is 14.0. The van der Waals surface area contributed by atoms with E-state index in [4.69, 9.17) is 9.47 Å². The Morgan fingerprint density at radius 3 is 2.18 bits per heavy atom. The summed E-state index contributed by atoms with van der Waals surface area (Å²) < 4.78 is 24.4. The predicted octanol–water partition coefficient (Wildman–Crippen LogP) is 6.85. The molecule has 0 saturated heterocycles. The minimum atomic E-state index is -0.450. The molecule has 5 rings (SSSR count). The third-order valence-electron chi connectivity index (χ3n) is 6.81. The minimum absolute atomic E-state index is 0.0989. The molecule has 0 spiro atoms. The standard InChI is InChI=1S/C32H28FNO4/c1-37-32(36)25-13-11-22(12-14-25)20-34(21-26-19-28(26)23-7-3-2-4-8-23)31(35)24-15-17-27(18-16-24)38-30-10-6-5-9-29(30)33/h2-18,26,28H,19-21H2,1H3/t26-,28-/m0/s1. The van der Waals surface area contributed by atoms with Crippen molar-refractivity contribution < 1.29 is 23.5 Å². The lowest BCUT2D eigenvalue weighted by Gasteiger charge is -2.24. The molecule has 0 aromatic heterocycles. The number of methoxy groups -OCH3 is 1. The molecule has 0 unspecified atom stereocenters. The highest BCUT2D eigenvalue weighted by Crippen LogP contribution is 2.48. The van der Waals surface area contributed by atoms with Crippen LogP contribution < -0.4 is 4.74 Å². The van der Waals surface area contributed by atoms with E-state index < -0.39 is 11.8 Å². The molecule has 0 heterocycles. The van der Waals surface area contributed by atoms with Crippen molar-refractivity contribution in [1.82, 2.24) is 4.90 Å². The Hall–Kier alpha value is -4.45. The van der Waals surface area contributed by atoms with E-state index in [9.17, 15) is 14.0 Å². The SMILES string of the molecule is COC(=O)c1ccc(CN(C[C@@H]2C[C@H]2c2ccccc2)C(=O)c2ccc(Oc3ccccc3F)cc2)cc1. The molecule has 0 aliphatic heterocycles. The van der Waals surface area contributed by atoms with E-state index in [1.807, 2.05) is 35.2 Å². The normalized spacial score (nSPS) is 15.9. The molecular formula is C32H28FNO4. The Morgan fingerprint density at radius 2 is 1.50 bits per heavy atom. The number of esters is 1. The van der Waals surface area contributed by atoms with Gasteiger partial charge in [-0.2, -0.15) is 0 Å². The number of hydrogen-bond donors (Lipinski definition) is 0. The Morgan fingerprint density at radius 1 is 0.842 bits per heavy atom. The molecule has 4 aromatic rings. The molecule has 0 radical (unpaired) electrons. The van der Waals surface area contributed by atoms with Gasteiger partial charge in [-0.1, -0.05) is 54.6 Å². The predicted molar refractivity (Wildman–Crippen MR) is 143 cm³/mol. The van der Waals surface area contributed by atoms with Crippen molar-refractivity contribution in [3.8, 4) is 11.5 Å². The van der Waals surface area contributed by atoms with Gasteiger partial charge in [-0.3, -0.25) is 4.79 Å². The lowest BCUT2D eigenvalue weighted by molar-refractivity contribution is 0.0600. The Bertz CT molecular complexity index is 1400. The number of rotatable bonds is 9. The maximum Gasteiger partial charge on any atom is 0.337 e. The second-order valence-corrected chi connectivity index (χ2v) is 9.44. The highest BCUT2D eigenvalue weighted by atomic mass is 19.1. The fourth-order valence-electron chi connectivity index (χ4n) is 4.65. The molecule has 0 N–H and O–H groups in total. The summed E-state index contributed by atoms with van der Waals surface area (Å²) in [6.45, 7) is 1.02. The van der Waals surface area contributed by atoms with E-state index in [-0.39, 0.29) is 11.7 Å². The molecular weight excluding hydrogens is 481 g/mol. The van der Waals surface area contributed by atoms with Gasteiger partial charge in [0.1, 0.15) is 5.75 Å². The van der Waals surface area contributed by atoms with Crippen molar-refractivity contribution >= 4 is 11.9 Å². The Labute approximate surface area is 221 Å². The molecule has 1 fully saturated rings. The van der Waals surface area contributed by atoms with Crippen LogP contribution in [0.1, 0.15) is 44.2 Å². The average molecular weight is 510 g/mol. The van der Waals surface area contributed by atoms with Gasteiger partial charge in [0.25, 0.3) is 5.91 Å². The van der Waals surface area contributed by atoms with Gasteiger partial charge >= 0.3 is 5.97 Å². The van der Waals surface area contributed by atoms with Gasteiger partial charge < -0.3 is 14.4 Å². The molecule has 2 atom stereocenters. The summed E-state index contributed by atoms with van der Waals surface area (Å²) in [5.74, 6) is 0.440. The molecule has 6 heteroatoms. The van der Waals surface area contributed by atoms with Gasteiger partial charge in [0.15, 0.2) is 11.6 Å². The van der Waals surface area contributed by atoms with E-state index >= 15 is 0 Å². The van der Waals surface area contributed by atoms with Gasteiger partial charge in [0, 0.05) is 18.7 Å². The fourth-order valence-corrected chi connectivity index (χ4v) is 4.65. The molecule has 38 heavy (non-hydrogen) atoms. The third kappa shape index (κ3) is 5.92. The zero-order valence-corrected chi connectivity index (χ0v) is 21.0. The van der Waals surface area contributed by atoms with Gasteiger partial charge in [0.2, 0.25) is 0 Å². The third-order valence-corrected chi connectivity index (χ3v) is 6.81. The quantitative estimate of drug-likeness (QED) is 0.232. The molecule has 1 amide bonds. The van der Waals surface area contributed by atoms with Crippen LogP contribution >= 0.6 is 0 Å². The fraction of sp³-hybridized carbons (Fsp3) is 0.188. The monoisotopic (exact) mass is 509 g/mol. The Balaban J connectivity index is 1.33. The molecule has 0 bridgehead atoms. The van der Waals surface area contributed by atoms with Gasteiger partial charge in [-0.05, 0) is 77.9 Å². The van der Waals surface area contributed by atoms with Gasteiger partial charge in [-0.15, -0.1) is 0 Å². The first-order chi connectivity index (χ1) is 18.5. The van der Waals surface area contributed by atoms with Crippen LogP contribution in [0.5, 0.6) is 11.5 Å². The summed E-state index contributed by atoms with van der Waals surface area (Å²) in [7, 11) is 1.35. The Kier molecular flexibility index (Phi) is 7.50. The maximum absolute atomic E-state index is 14.0. The van der Waals surface area contributed by atoms with Crippen molar-refractivity contribution in [2.24, 2.45) is 5.92 Å². The summed E-state index contributed by atoms with van der Waals surface area (Å²) in [6, 6.07) is 30.4. The van der Waals surface area contributed by atoms with Crippen molar-refractivity contribution in [2.75, 3.05) is 13.7 Å². The summed E-state index contributed by atoms with van der Waals surface area (Å²) in [6.07, 6.45) is 1.03. The summed E-state index contributed by atoms with van der Waals surface area (Å²) in [5, 5.41) is 0. The first-order valence-electron chi connectivity index (χ1n) is 12.6. The number of benzene rings is 4. The van der Waals surface area contributed by atoms with Crippen molar-refractivity contribution in [3.63, 3.8) is 0 Å². The number of carbonyl (C=O) groups is 2. The zero-order valence-electron chi connectivity index (χ0n) is 21.0. The van der Waals surface area contributed by atoms with Crippen LogP contribution in [0.3, 0.4) is 0 Å². The highest BCUT2D eigenvalue weighted by molar-refractivity contribution is 5.94. The molecule has 4 aromatic carbocycles. The minimum Gasteiger partial charge on any atom is -0.465 e. The van der Waals surface area contributed by atoms with Crippen molar-refractivity contribution in [1.29, 1.82) is 0 Å². The molecule has 1 aliphatic rings. The van der Waals surface area contributed by atoms with Crippen LogP contribution in [-0.4, -0.2) is 30.4 Å². The summed E-state index contributed by atoms with van der Waals surface area (Å²) in [5.41, 5.74) is 3.20. The first kappa shape index (κ1) is 25.2. The molecule has 1 saturated carbocycles. The van der Waals surface area contributed by atoms with Gasteiger partial charge in [0.05, 0.1) is 12.7 Å². The smallest absolute Gasteiger partial charge is 0.337 e. The number of hydrogen-bond acceptors (Lipinski definition) is 4. The van der Waals surface area contributed by atoms with E-state index in [1.165, 1.54) is 18.7 Å². The van der Waals surface area contributed by atoms with Crippen LogP contribution in [0.2, 0.25) is 0 Å². The lowest BCUT2D eigenvalue weighted by atomic mass is 10.1. The van der Waals surface area contributed by atoms with Crippen molar-refractivity contribution in [2.45, 2.75) is 18.9 Å². The largest absolute Gasteiger partial charge is 0.465 e. The second kappa shape index (κ2) is 11.3. The number of para-hydroxylation sites is 1. The van der Waals surface area contributed by atoms with E-state index in [2.05, 4.69) is 12.1 Å². The topological polar surface area (TPSA) is 55.8 Å². The lowest BCUT2D eigenvalue weighted by Crippen LogP contribution is -2.32. The van der Waals surface area contributed by atoms with Crippen LogP contribution in [0.25, 0.3) is 0 Å². The number of ether oxygens (including phenoxy) is 2. The van der Waals surface area contributed by atoms with E-state index in [1.54, 1.807) is 54.6 Å². The number of amides is 1. The average Bonchev–Trinajstić information content (AvgIpc) is 3.73. The first-order valence-corrected chi connectivity index (χ1v) is 12.6. The number of carbonyl (C=O) groups excluding carboxylic acids is 2. The van der Waals surface area contributed by atoms with E-state index in [0.29, 0.717) is 41.8 Å². The number of nitrogens with zero attached hydrogens (tertiary/aromatic N) is 1. The van der Waals surface area contributed by atoms with Gasteiger partial charge in [-0.25, -0.2) is 9.18 Å². The molecule has 1 aliphatic carbocycles. The van der Waals surface area contributed by atoms with Crippen LogP contribution in [0, 0.1) is 11.7 Å². The highest BCUT2D eigenvalue weighted by Gasteiger charge is 2.40. The van der Waals surface area contributed by atoms with Crippen LogP contribution in [0.15, 0.2) is 103 Å². The second-order valence-electron chi connectivity index (χ2n) is 9.44. The number of halogens is 1. The van der Waals surface area contributed by atoms with E-state index in [0.717, 1.165) is 12.0 Å². The van der Waals surface area contributed by atoms with Crippen LogP contribution in [-0.2, 0) is 11.3 Å². The summed E-state index contributed by atoms with van der Waals surface area (Å²) in [4.78, 5) is 27.3. The zero-order chi connectivity index (χ0) is 26.5. The van der Waals surface area contributed by atoms with Crippen LogP contribution in [0.4, 0.5) is 4.39 Å².